The smallest absolute Gasteiger partial charge is 0.226 e. The third kappa shape index (κ3) is 3.82. The molecule has 0 amide bonds. The minimum atomic E-state index is -0.0544. The molecule has 20 heavy (non-hydrogen) atoms. The fourth-order valence-electron chi connectivity index (χ4n) is 2.74. The average Bonchev–Trinajstić information content (AvgIpc) is 2.38. The summed E-state index contributed by atoms with van der Waals surface area (Å²) in [6, 6.07) is 1.86. The van der Waals surface area contributed by atoms with E-state index in [1.807, 2.05) is 26.8 Å². The SMILES string of the molecule is Cc1cc(OC(C)C)nc(NC2(CN)CCCCC2)n1. The van der Waals surface area contributed by atoms with E-state index < -0.39 is 0 Å². The number of hydrogen-bond acceptors (Lipinski definition) is 5. The van der Waals surface area contributed by atoms with Crippen LogP contribution in [0.5, 0.6) is 5.88 Å². The van der Waals surface area contributed by atoms with Crippen LogP contribution < -0.4 is 15.8 Å². The molecule has 0 aromatic carbocycles. The number of anilines is 1. The maximum absolute atomic E-state index is 5.99. The monoisotopic (exact) mass is 278 g/mol. The average molecular weight is 278 g/mol. The van der Waals surface area contributed by atoms with Gasteiger partial charge >= 0.3 is 0 Å². The fourth-order valence-corrected chi connectivity index (χ4v) is 2.74. The number of nitrogens with zero attached hydrogens (tertiary/aromatic N) is 2. The Morgan fingerprint density at radius 3 is 2.60 bits per heavy atom. The van der Waals surface area contributed by atoms with Crippen LogP contribution in [0.1, 0.15) is 51.6 Å². The van der Waals surface area contributed by atoms with Gasteiger partial charge in [-0.3, -0.25) is 0 Å². The van der Waals surface area contributed by atoms with E-state index in [2.05, 4.69) is 15.3 Å². The van der Waals surface area contributed by atoms with Crippen LogP contribution in [-0.4, -0.2) is 28.2 Å². The molecule has 2 rings (SSSR count). The van der Waals surface area contributed by atoms with Crippen molar-refractivity contribution in [1.82, 2.24) is 9.97 Å². The van der Waals surface area contributed by atoms with Crippen molar-refractivity contribution < 1.29 is 4.74 Å². The Morgan fingerprint density at radius 2 is 2.00 bits per heavy atom. The minimum absolute atomic E-state index is 0.0544. The molecule has 1 fully saturated rings. The van der Waals surface area contributed by atoms with Gasteiger partial charge in [0.25, 0.3) is 0 Å². The van der Waals surface area contributed by atoms with Gasteiger partial charge in [-0.2, -0.15) is 4.98 Å². The van der Waals surface area contributed by atoms with Crippen molar-refractivity contribution in [3.8, 4) is 5.88 Å². The Labute approximate surface area is 121 Å². The molecule has 1 aliphatic carbocycles. The van der Waals surface area contributed by atoms with Crippen LogP contribution in [0.3, 0.4) is 0 Å². The van der Waals surface area contributed by atoms with Gasteiger partial charge in [0.1, 0.15) is 0 Å². The van der Waals surface area contributed by atoms with Crippen LogP contribution >= 0.6 is 0 Å². The summed E-state index contributed by atoms with van der Waals surface area (Å²) >= 11 is 0. The maximum atomic E-state index is 5.99. The Balaban J connectivity index is 2.16. The standard InChI is InChI=1S/C15H26N4O/c1-11(2)20-13-9-12(3)17-14(18-13)19-15(10-16)7-5-4-6-8-15/h9,11H,4-8,10,16H2,1-3H3,(H,17,18,19). The normalized spacial score (nSPS) is 18.1. The van der Waals surface area contributed by atoms with E-state index in [0.717, 1.165) is 18.5 Å². The van der Waals surface area contributed by atoms with E-state index in [4.69, 9.17) is 10.5 Å². The van der Waals surface area contributed by atoms with Crippen molar-refractivity contribution in [2.75, 3.05) is 11.9 Å². The predicted molar refractivity (Wildman–Crippen MR) is 81.0 cm³/mol. The van der Waals surface area contributed by atoms with Gasteiger partial charge in [-0.05, 0) is 33.6 Å². The Hall–Kier alpha value is -1.36. The zero-order chi connectivity index (χ0) is 14.6. The van der Waals surface area contributed by atoms with Crippen LogP contribution in [0, 0.1) is 6.92 Å². The van der Waals surface area contributed by atoms with E-state index in [0.29, 0.717) is 18.4 Å². The van der Waals surface area contributed by atoms with Gasteiger partial charge in [0.15, 0.2) is 0 Å². The molecular formula is C15H26N4O. The molecule has 1 saturated carbocycles. The number of nitrogens with one attached hydrogen (secondary N) is 1. The van der Waals surface area contributed by atoms with Crippen LogP contribution in [0.15, 0.2) is 6.07 Å². The third-order valence-electron chi connectivity index (χ3n) is 3.77. The molecular weight excluding hydrogens is 252 g/mol. The van der Waals surface area contributed by atoms with Gasteiger partial charge in [-0.15, -0.1) is 0 Å². The van der Waals surface area contributed by atoms with E-state index in [-0.39, 0.29) is 11.6 Å². The quantitative estimate of drug-likeness (QED) is 0.866. The molecule has 1 aromatic rings. The van der Waals surface area contributed by atoms with Crippen molar-refractivity contribution in [3.05, 3.63) is 11.8 Å². The highest BCUT2D eigenvalue weighted by atomic mass is 16.5. The largest absolute Gasteiger partial charge is 0.475 e. The molecule has 1 aromatic heterocycles. The predicted octanol–water partition coefficient (Wildman–Crippen LogP) is 2.65. The number of hydrogen-bond donors (Lipinski definition) is 2. The van der Waals surface area contributed by atoms with Crippen molar-refractivity contribution in [2.24, 2.45) is 5.73 Å². The first kappa shape index (κ1) is 15.0. The van der Waals surface area contributed by atoms with Gasteiger partial charge in [0.05, 0.1) is 11.6 Å². The first-order chi connectivity index (χ1) is 9.53. The zero-order valence-corrected chi connectivity index (χ0v) is 12.8. The van der Waals surface area contributed by atoms with Crippen LogP contribution in [-0.2, 0) is 0 Å². The van der Waals surface area contributed by atoms with E-state index >= 15 is 0 Å². The summed E-state index contributed by atoms with van der Waals surface area (Å²) in [4.78, 5) is 8.93. The lowest BCUT2D eigenvalue weighted by Gasteiger charge is -2.37. The summed E-state index contributed by atoms with van der Waals surface area (Å²) in [5, 5.41) is 3.47. The third-order valence-corrected chi connectivity index (χ3v) is 3.77. The molecule has 0 radical (unpaired) electrons. The van der Waals surface area contributed by atoms with Gasteiger partial charge in [0, 0.05) is 18.3 Å². The molecule has 112 valence electrons. The van der Waals surface area contributed by atoms with E-state index in [1.165, 1.54) is 19.3 Å². The van der Waals surface area contributed by atoms with Crippen LogP contribution in [0.25, 0.3) is 0 Å². The topological polar surface area (TPSA) is 73.1 Å². The molecule has 0 atom stereocenters. The Bertz CT molecular complexity index is 441. The molecule has 3 N–H and O–H groups in total. The first-order valence-electron chi connectivity index (χ1n) is 7.54. The summed E-state index contributed by atoms with van der Waals surface area (Å²) in [7, 11) is 0. The maximum Gasteiger partial charge on any atom is 0.226 e. The number of rotatable bonds is 5. The molecule has 0 unspecified atom stereocenters. The lowest BCUT2D eigenvalue weighted by molar-refractivity contribution is 0.232. The van der Waals surface area contributed by atoms with Gasteiger partial charge in [0.2, 0.25) is 11.8 Å². The molecule has 5 nitrogen and oxygen atoms in total. The lowest BCUT2D eigenvalue weighted by Crippen LogP contribution is -2.47. The highest BCUT2D eigenvalue weighted by Gasteiger charge is 2.31. The Kier molecular flexibility index (Phi) is 4.81. The van der Waals surface area contributed by atoms with Gasteiger partial charge < -0.3 is 15.8 Å². The van der Waals surface area contributed by atoms with E-state index in [9.17, 15) is 0 Å². The second-order valence-corrected chi connectivity index (χ2v) is 6.01. The van der Waals surface area contributed by atoms with Crippen molar-refractivity contribution in [1.29, 1.82) is 0 Å². The summed E-state index contributed by atoms with van der Waals surface area (Å²) in [5.41, 5.74) is 6.84. The molecule has 0 bridgehead atoms. The van der Waals surface area contributed by atoms with Crippen LogP contribution in [0.2, 0.25) is 0 Å². The number of ether oxygens (including phenoxy) is 1. The second-order valence-electron chi connectivity index (χ2n) is 6.01. The van der Waals surface area contributed by atoms with E-state index in [1.54, 1.807) is 0 Å². The molecule has 0 spiro atoms. The van der Waals surface area contributed by atoms with Crippen molar-refractivity contribution in [3.63, 3.8) is 0 Å². The van der Waals surface area contributed by atoms with Gasteiger partial charge in [-0.25, -0.2) is 4.98 Å². The summed E-state index contributed by atoms with van der Waals surface area (Å²) in [6.07, 6.45) is 5.99. The lowest BCUT2D eigenvalue weighted by atomic mass is 9.82. The molecule has 1 heterocycles. The molecule has 5 heteroatoms. The molecule has 0 aliphatic heterocycles. The minimum Gasteiger partial charge on any atom is -0.475 e. The van der Waals surface area contributed by atoms with Gasteiger partial charge in [-0.1, -0.05) is 19.3 Å². The fraction of sp³-hybridized carbons (Fsp3) is 0.733. The summed E-state index contributed by atoms with van der Waals surface area (Å²) in [6.45, 7) is 6.56. The highest BCUT2D eigenvalue weighted by molar-refractivity contribution is 5.34. The summed E-state index contributed by atoms with van der Waals surface area (Å²) in [5.74, 6) is 1.26. The van der Waals surface area contributed by atoms with Crippen LogP contribution in [0.4, 0.5) is 5.95 Å². The first-order valence-corrected chi connectivity index (χ1v) is 7.54. The number of nitrogens with two attached hydrogens (primary N) is 1. The molecule has 0 saturated heterocycles. The second kappa shape index (κ2) is 6.39. The molecule has 1 aliphatic rings. The number of aryl methyl sites for hydroxylation is 1. The Morgan fingerprint density at radius 1 is 1.30 bits per heavy atom. The van der Waals surface area contributed by atoms with Crippen molar-refractivity contribution in [2.45, 2.75) is 64.5 Å². The number of aromatic nitrogens is 2. The summed E-state index contributed by atoms with van der Waals surface area (Å²) < 4.78 is 5.67. The highest BCUT2D eigenvalue weighted by Crippen LogP contribution is 2.30. The zero-order valence-electron chi connectivity index (χ0n) is 12.8. The van der Waals surface area contributed by atoms with Crippen molar-refractivity contribution >= 4 is 5.95 Å².